The number of nitrogens with zero attached hydrogens (tertiary/aromatic N) is 2. The summed E-state index contributed by atoms with van der Waals surface area (Å²) < 4.78 is 5.54. The molecule has 0 spiro atoms. The average Bonchev–Trinajstić information content (AvgIpc) is 2.32. The molecule has 102 valence electrons. The third-order valence-corrected chi connectivity index (χ3v) is 3.07. The van der Waals surface area contributed by atoms with Crippen molar-refractivity contribution >= 4 is 0 Å². The van der Waals surface area contributed by atoms with Crippen LogP contribution in [0.1, 0.15) is 49.1 Å². The van der Waals surface area contributed by atoms with Crippen LogP contribution in [-0.4, -0.2) is 30.2 Å². The van der Waals surface area contributed by atoms with Gasteiger partial charge in [0, 0.05) is 18.0 Å². The first-order valence-corrected chi connectivity index (χ1v) is 6.70. The Balaban J connectivity index is 2.83. The molecular formula is C14H25N3O. The summed E-state index contributed by atoms with van der Waals surface area (Å²) in [5.74, 6) is 0.796. The van der Waals surface area contributed by atoms with Gasteiger partial charge in [0.2, 0.25) is 0 Å². The van der Waals surface area contributed by atoms with E-state index >= 15 is 0 Å². The van der Waals surface area contributed by atoms with E-state index in [9.17, 15) is 0 Å². The van der Waals surface area contributed by atoms with Gasteiger partial charge in [-0.05, 0) is 59.7 Å². The molecule has 0 aliphatic heterocycles. The summed E-state index contributed by atoms with van der Waals surface area (Å²) in [4.78, 5) is 9.15. The Morgan fingerprint density at radius 1 is 1.22 bits per heavy atom. The highest BCUT2D eigenvalue weighted by Gasteiger charge is 2.13. The highest BCUT2D eigenvalue weighted by atomic mass is 16.5. The van der Waals surface area contributed by atoms with Crippen LogP contribution in [-0.2, 0) is 11.2 Å². The van der Waals surface area contributed by atoms with E-state index in [4.69, 9.17) is 4.74 Å². The van der Waals surface area contributed by atoms with Gasteiger partial charge in [-0.15, -0.1) is 0 Å². The first-order valence-electron chi connectivity index (χ1n) is 6.70. The Kier molecular flexibility index (Phi) is 6.22. The predicted octanol–water partition coefficient (Wildman–Crippen LogP) is 2.34. The van der Waals surface area contributed by atoms with Crippen molar-refractivity contribution in [1.29, 1.82) is 0 Å². The summed E-state index contributed by atoms with van der Waals surface area (Å²) in [5, 5.41) is 3.16. The fraction of sp³-hybridized carbons (Fsp3) is 0.714. The number of hydrogen-bond donors (Lipinski definition) is 1. The largest absolute Gasteiger partial charge is 0.371 e. The second-order valence-corrected chi connectivity index (χ2v) is 4.54. The summed E-state index contributed by atoms with van der Waals surface area (Å²) in [5.41, 5.74) is 3.44. The molecule has 1 unspecified atom stereocenters. The monoisotopic (exact) mass is 251 g/mol. The topological polar surface area (TPSA) is 47.0 Å². The summed E-state index contributed by atoms with van der Waals surface area (Å²) in [6.07, 6.45) is 2.11. The predicted molar refractivity (Wildman–Crippen MR) is 73.8 cm³/mol. The quantitative estimate of drug-likeness (QED) is 0.756. The molecule has 0 aliphatic rings. The lowest BCUT2D eigenvalue weighted by molar-refractivity contribution is 0.0697. The van der Waals surface area contributed by atoms with Crippen LogP contribution in [0.15, 0.2) is 0 Å². The molecule has 0 aromatic carbocycles. The minimum atomic E-state index is -0.0289. The smallest absolute Gasteiger partial charge is 0.157 e. The van der Waals surface area contributed by atoms with Crippen LogP contribution in [0.2, 0.25) is 0 Å². The standard InChI is InChI=1S/C14H25N3O/c1-6-18-12(4)14-16-10(2)13(11(3)17-14)8-7-9-15-5/h12,15H,6-9H2,1-5H3. The Morgan fingerprint density at radius 3 is 2.33 bits per heavy atom. The zero-order valence-electron chi connectivity index (χ0n) is 12.2. The van der Waals surface area contributed by atoms with Gasteiger partial charge >= 0.3 is 0 Å². The second-order valence-electron chi connectivity index (χ2n) is 4.54. The van der Waals surface area contributed by atoms with Crippen molar-refractivity contribution in [3.8, 4) is 0 Å². The van der Waals surface area contributed by atoms with E-state index in [2.05, 4.69) is 29.1 Å². The minimum absolute atomic E-state index is 0.0289. The molecule has 0 fully saturated rings. The molecule has 1 aromatic heterocycles. The van der Waals surface area contributed by atoms with Crippen LogP contribution in [0.3, 0.4) is 0 Å². The summed E-state index contributed by atoms with van der Waals surface area (Å²) in [6, 6.07) is 0. The normalized spacial score (nSPS) is 12.7. The van der Waals surface area contributed by atoms with Crippen molar-refractivity contribution in [2.24, 2.45) is 0 Å². The van der Waals surface area contributed by atoms with Crippen molar-refractivity contribution in [1.82, 2.24) is 15.3 Å². The molecular weight excluding hydrogens is 226 g/mol. The number of ether oxygens (including phenoxy) is 1. The van der Waals surface area contributed by atoms with E-state index in [1.165, 1.54) is 5.56 Å². The fourth-order valence-electron chi connectivity index (χ4n) is 2.08. The number of rotatable bonds is 7. The van der Waals surface area contributed by atoms with E-state index in [0.717, 1.165) is 36.6 Å². The van der Waals surface area contributed by atoms with Gasteiger partial charge in [-0.2, -0.15) is 0 Å². The summed E-state index contributed by atoms with van der Waals surface area (Å²) in [7, 11) is 1.98. The highest BCUT2D eigenvalue weighted by molar-refractivity contribution is 5.24. The lowest BCUT2D eigenvalue weighted by atomic mass is 10.1. The van der Waals surface area contributed by atoms with E-state index in [1.807, 2.05) is 20.9 Å². The van der Waals surface area contributed by atoms with Gasteiger partial charge in [-0.1, -0.05) is 0 Å². The molecule has 0 amide bonds. The van der Waals surface area contributed by atoms with E-state index < -0.39 is 0 Å². The third-order valence-electron chi connectivity index (χ3n) is 3.07. The third kappa shape index (κ3) is 4.03. The first-order chi connectivity index (χ1) is 8.60. The van der Waals surface area contributed by atoms with Gasteiger partial charge in [0.05, 0.1) is 0 Å². The van der Waals surface area contributed by atoms with Gasteiger partial charge in [0.1, 0.15) is 6.10 Å². The van der Waals surface area contributed by atoms with Crippen LogP contribution in [0.25, 0.3) is 0 Å². The molecule has 4 nitrogen and oxygen atoms in total. The molecule has 18 heavy (non-hydrogen) atoms. The first kappa shape index (κ1) is 15.1. The second kappa shape index (κ2) is 7.44. The van der Waals surface area contributed by atoms with E-state index in [-0.39, 0.29) is 6.10 Å². The van der Waals surface area contributed by atoms with Crippen LogP contribution < -0.4 is 5.32 Å². The molecule has 4 heteroatoms. The Bertz CT molecular complexity index is 356. The minimum Gasteiger partial charge on any atom is -0.371 e. The molecule has 0 saturated carbocycles. The SMILES string of the molecule is CCOC(C)c1nc(C)c(CCCNC)c(C)n1. The summed E-state index contributed by atoms with van der Waals surface area (Å²) >= 11 is 0. The van der Waals surface area contributed by atoms with Gasteiger partial charge < -0.3 is 10.1 Å². The summed E-state index contributed by atoms with van der Waals surface area (Å²) in [6.45, 7) is 9.82. The maximum atomic E-state index is 5.54. The van der Waals surface area contributed by atoms with E-state index in [1.54, 1.807) is 0 Å². The molecule has 0 aliphatic carbocycles. The van der Waals surface area contributed by atoms with Crippen LogP contribution >= 0.6 is 0 Å². The molecule has 0 radical (unpaired) electrons. The molecule has 1 rings (SSSR count). The molecule has 0 bridgehead atoms. The zero-order chi connectivity index (χ0) is 13.5. The van der Waals surface area contributed by atoms with Gasteiger partial charge in [0.15, 0.2) is 5.82 Å². The van der Waals surface area contributed by atoms with Gasteiger partial charge in [-0.25, -0.2) is 9.97 Å². The Labute approximate surface area is 110 Å². The van der Waals surface area contributed by atoms with Crippen molar-refractivity contribution in [3.63, 3.8) is 0 Å². The lowest BCUT2D eigenvalue weighted by Crippen LogP contribution is -2.12. The maximum Gasteiger partial charge on any atom is 0.157 e. The maximum absolute atomic E-state index is 5.54. The number of hydrogen-bond acceptors (Lipinski definition) is 4. The molecule has 1 heterocycles. The Hall–Kier alpha value is -1.00. The van der Waals surface area contributed by atoms with Crippen molar-refractivity contribution in [2.75, 3.05) is 20.2 Å². The molecule has 1 aromatic rings. The molecule has 0 saturated heterocycles. The van der Waals surface area contributed by atoms with Crippen LogP contribution in [0, 0.1) is 13.8 Å². The number of aromatic nitrogens is 2. The van der Waals surface area contributed by atoms with Crippen molar-refractivity contribution < 1.29 is 4.74 Å². The fourth-order valence-corrected chi connectivity index (χ4v) is 2.08. The van der Waals surface area contributed by atoms with E-state index in [0.29, 0.717) is 6.61 Å². The van der Waals surface area contributed by atoms with Crippen LogP contribution in [0.4, 0.5) is 0 Å². The lowest BCUT2D eigenvalue weighted by Gasteiger charge is -2.15. The van der Waals surface area contributed by atoms with Crippen molar-refractivity contribution in [2.45, 2.75) is 46.6 Å². The average molecular weight is 251 g/mol. The molecule has 1 atom stereocenters. The van der Waals surface area contributed by atoms with Crippen molar-refractivity contribution in [3.05, 3.63) is 22.8 Å². The Morgan fingerprint density at radius 2 is 1.83 bits per heavy atom. The van der Waals surface area contributed by atoms with Crippen LogP contribution in [0.5, 0.6) is 0 Å². The number of aryl methyl sites for hydroxylation is 2. The zero-order valence-corrected chi connectivity index (χ0v) is 12.2. The van der Waals surface area contributed by atoms with Gasteiger partial charge in [0.25, 0.3) is 0 Å². The molecule has 1 N–H and O–H groups in total. The number of nitrogens with one attached hydrogen (secondary N) is 1. The van der Waals surface area contributed by atoms with Gasteiger partial charge in [-0.3, -0.25) is 0 Å². The highest BCUT2D eigenvalue weighted by Crippen LogP contribution is 2.17.